The Bertz CT molecular complexity index is 1460. The third-order valence-corrected chi connectivity index (χ3v) is 19.4. The summed E-state index contributed by atoms with van der Waals surface area (Å²) in [5, 5.41) is 23.3. The van der Waals surface area contributed by atoms with Gasteiger partial charge >= 0.3 is 5.97 Å². The first-order valence-corrected chi connectivity index (χ1v) is 41.3. The molecule has 0 heterocycles. The van der Waals surface area contributed by atoms with Crippen LogP contribution in [-0.2, 0) is 14.3 Å². The number of ether oxygens (including phenoxy) is 1. The van der Waals surface area contributed by atoms with Gasteiger partial charge < -0.3 is 20.3 Å². The van der Waals surface area contributed by atoms with Crippen molar-refractivity contribution in [1.29, 1.82) is 0 Å². The fourth-order valence-electron chi connectivity index (χ4n) is 13.1. The van der Waals surface area contributed by atoms with Gasteiger partial charge in [-0.1, -0.05) is 423 Å². The molecule has 0 aromatic carbocycles. The van der Waals surface area contributed by atoms with E-state index in [1.54, 1.807) is 6.08 Å². The zero-order chi connectivity index (χ0) is 64.9. The Hall–Kier alpha value is -1.92. The van der Waals surface area contributed by atoms with E-state index >= 15 is 0 Å². The Balaban J connectivity index is 3.38. The average Bonchev–Trinajstić information content (AvgIpc) is 3.58. The molecule has 0 aliphatic rings. The van der Waals surface area contributed by atoms with Crippen LogP contribution in [0.25, 0.3) is 0 Å². The molecule has 0 spiro atoms. The zero-order valence-corrected chi connectivity index (χ0v) is 61.1. The monoisotopic (exact) mass is 1260 g/mol. The van der Waals surface area contributed by atoms with Crippen LogP contribution in [0.1, 0.15) is 463 Å². The van der Waals surface area contributed by atoms with Crippen LogP contribution in [0.4, 0.5) is 0 Å². The summed E-state index contributed by atoms with van der Waals surface area (Å²) in [7, 11) is 0. The largest absolute Gasteiger partial charge is 0.466 e. The summed E-state index contributed by atoms with van der Waals surface area (Å²) in [5.41, 5.74) is 0. The third kappa shape index (κ3) is 75.1. The lowest BCUT2D eigenvalue weighted by atomic mass is 10.0. The van der Waals surface area contributed by atoms with Gasteiger partial charge in [-0.05, 0) is 64.2 Å². The number of aliphatic hydroxyl groups excluding tert-OH is 2. The van der Waals surface area contributed by atoms with Gasteiger partial charge in [-0.3, -0.25) is 9.59 Å². The van der Waals surface area contributed by atoms with E-state index in [1.165, 1.54) is 392 Å². The number of esters is 1. The zero-order valence-electron chi connectivity index (χ0n) is 61.1. The smallest absolute Gasteiger partial charge is 0.305 e. The van der Waals surface area contributed by atoms with E-state index in [0.717, 1.165) is 44.9 Å². The SMILES string of the molecule is CCCCCCCCCCCCCCCCCCCCCC/C=C/C(O)C(CO)NC(=O)CCCCCCCCCCCCCCCCCCC/C=C\C/C=C\CCCCCCCCCCCCCOC(=O)CCCCCCCCCCCCCCCCCC. The van der Waals surface area contributed by atoms with Crippen LogP contribution in [0.15, 0.2) is 36.5 Å². The van der Waals surface area contributed by atoms with Crippen molar-refractivity contribution < 1.29 is 24.5 Å². The molecular weight excluding hydrogens is 1100 g/mol. The first-order chi connectivity index (χ1) is 44.5. The Kier molecular flexibility index (Phi) is 77.8. The lowest BCUT2D eigenvalue weighted by molar-refractivity contribution is -0.143. The van der Waals surface area contributed by atoms with Crippen molar-refractivity contribution >= 4 is 11.9 Å². The summed E-state index contributed by atoms with van der Waals surface area (Å²) >= 11 is 0. The van der Waals surface area contributed by atoms with E-state index in [4.69, 9.17) is 4.74 Å². The van der Waals surface area contributed by atoms with Gasteiger partial charge in [0.15, 0.2) is 0 Å². The number of amides is 1. The minimum absolute atomic E-state index is 0.0209. The van der Waals surface area contributed by atoms with Crippen molar-refractivity contribution in [3.05, 3.63) is 36.5 Å². The van der Waals surface area contributed by atoms with Crippen molar-refractivity contribution in [2.45, 2.75) is 475 Å². The van der Waals surface area contributed by atoms with Crippen LogP contribution in [0.5, 0.6) is 0 Å². The molecule has 6 heteroatoms. The molecule has 0 saturated heterocycles. The minimum Gasteiger partial charge on any atom is -0.466 e. The van der Waals surface area contributed by atoms with E-state index in [1.807, 2.05) is 6.08 Å². The molecule has 532 valence electrons. The first kappa shape index (κ1) is 88.1. The maximum atomic E-state index is 12.6. The Morgan fingerprint density at radius 1 is 0.311 bits per heavy atom. The van der Waals surface area contributed by atoms with Gasteiger partial charge in [-0.15, -0.1) is 0 Å². The maximum Gasteiger partial charge on any atom is 0.305 e. The molecule has 2 unspecified atom stereocenters. The lowest BCUT2D eigenvalue weighted by Gasteiger charge is -2.20. The number of nitrogens with one attached hydrogen (secondary N) is 1. The highest BCUT2D eigenvalue weighted by molar-refractivity contribution is 5.76. The number of hydrogen-bond donors (Lipinski definition) is 3. The molecule has 0 aliphatic heterocycles. The molecule has 0 rings (SSSR count). The van der Waals surface area contributed by atoms with E-state index in [-0.39, 0.29) is 18.5 Å². The molecule has 1 amide bonds. The standard InChI is InChI=1S/C84H161NO5/c1-3-5-7-9-11-13-15-17-19-21-22-23-39-42-45-48-52-56-60-64-68-72-76-82(87)81(80-86)85-83(88)77-73-69-65-61-57-53-49-46-43-40-37-35-33-31-29-27-25-24-26-28-30-32-34-36-38-41-44-47-51-55-59-63-67-71-75-79-90-84(89)78-74-70-66-62-58-54-50-20-18-16-14-12-10-8-6-4-2/h26,28,32,34,72,76,81-82,86-87H,3-25,27,29-31,33,35-71,73-75,77-80H2,1-2H3,(H,85,88)/b28-26-,34-32-,76-72+. The quantitative estimate of drug-likeness (QED) is 0.0320. The predicted molar refractivity (Wildman–Crippen MR) is 398 cm³/mol. The van der Waals surface area contributed by atoms with Crippen LogP contribution in [-0.4, -0.2) is 47.4 Å². The van der Waals surface area contributed by atoms with E-state index in [9.17, 15) is 19.8 Å². The molecule has 90 heavy (non-hydrogen) atoms. The topological polar surface area (TPSA) is 95.9 Å². The fraction of sp³-hybridized carbons (Fsp3) is 0.905. The molecule has 0 aromatic heterocycles. The summed E-state index contributed by atoms with van der Waals surface area (Å²) in [5.74, 6) is -0.0399. The maximum absolute atomic E-state index is 12.6. The van der Waals surface area contributed by atoms with Crippen molar-refractivity contribution in [3.63, 3.8) is 0 Å². The van der Waals surface area contributed by atoms with Crippen molar-refractivity contribution in [2.24, 2.45) is 0 Å². The second-order valence-corrected chi connectivity index (χ2v) is 28.5. The van der Waals surface area contributed by atoms with Crippen LogP contribution in [0.2, 0.25) is 0 Å². The van der Waals surface area contributed by atoms with E-state index in [2.05, 4.69) is 43.5 Å². The molecule has 0 saturated carbocycles. The molecule has 6 nitrogen and oxygen atoms in total. The number of carbonyl (C=O) groups excluding carboxylic acids is 2. The number of unbranched alkanes of at least 4 members (excludes halogenated alkanes) is 63. The number of carbonyl (C=O) groups is 2. The summed E-state index contributed by atoms with van der Waals surface area (Å²) in [6, 6.07) is -0.628. The Labute approximate surface area is 564 Å². The van der Waals surface area contributed by atoms with E-state index in [0.29, 0.717) is 19.4 Å². The first-order valence-electron chi connectivity index (χ1n) is 41.3. The Morgan fingerprint density at radius 3 is 0.844 bits per heavy atom. The van der Waals surface area contributed by atoms with Crippen molar-refractivity contribution in [1.82, 2.24) is 5.32 Å². The van der Waals surface area contributed by atoms with Gasteiger partial charge in [0.2, 0.25) is 5.91 Å². The molecule has 0 fully saturated rings. The van der Waals surface area contributed by atoms with Gasteiger partial charge in [-0.25, -0.2) is 0 Å². The predicted octanol–water partition coefficient (Wildman–Crippen LogP) is 27.4. The summed E-state index contributed by atoms with van der Waals surface area (Å²) < 4.78 is 5.51. The summed E-state index contributed by atoms with van der Waals surface area (Å²) in [4.78, 5) is 24.7. The van der Waals surface area contributed by atoms with Crippen molar-refractivity contribution in [3.8, 4) is 0 Å². The van der Waals surface area contributed by atoms with Crippen LogP contribution >= 0.6 is 0 Å². The van der Waals surface area contributed by atoms with Gasteiger partial charge in [0, 0.05) is 12.8 Å². The highest BCUT2D eigenvalue weighted by Crippen LogP contribution is 2.20. The fourth-order valence-corrected chi connectivity index (χ4v) is 13.1. The van der Waals surface area contributed by atoms with Gasteiger partial charge in [0.05, 0.1) is 25.4 Å². The summed E-state index contributed by atoms with van der Waals surface area (Å²) in [6.45, 7) is 4.96. The number of allylic oxidation sites excluding steroid dienone is 5. The third-order valence-electron chi connectivity index (χ3n) is 19.4. The van der Waals surface area contributed by atoms with Crippen LogP contribution in [0, 0.1) is 0 Å². The molecule has 2 atom stereocenters. The number of hydrogen-bond acceptors (Lipinski definition) is 5. The highest BCUT2D eigenvalue weighted by Gasteiger charge is 2.18. The second-order valence-electron chi connectivity index (χ2n) is 28.5. The lowest BCUT2D eigenvalue weighted by Crippen LogP contribution is -2.45. The second kappa shape index (κ2) is 79.5. The van der Waals surface area contributed by atoms with E-state index < -0.39 is 12.1 Å². The molecule has 0 bridgehead atoms. The number of aliphatic hydroxyl groups is 2. The Morgan fingerprint density at radius 2 is 0.556 bits per heavy atom. The normalized spacial score (nSPS) is 12.6. The minimum atomic E-state index is -0.844. The highest BCUT2D eigenvalue weighted by atomic mass is 16.5. The summed E-state index contributed by atoms with van der Waals surface area (Å²) in [6.07, 6.45) is 104. The molecule has 0 radical (unpaired) electrons. The van der Waals surface area contributed by atoms with Gasteiger partial charge in [0.1, 0.15) is 0 Å². The molecule has 0 aromatic rings. The molecule has 0 aliphatic carbocycles. The molecular formula is C84H161NO5. The van der Waals surface area contributed by atoms with Gasteiger partial charge in [0.25, 0.3) is 0 Å². The van der Waals surface area contributed by atoms with Crippen molar-refractivity contribution in [2.75, 3.05) is 13.2 Å². The number of rotatable bonds is 78. The average molecular weight is 1270 g/mol. The molecule has 3 N–H and O–H groups in total. The van der Waals surface area contributed by atoms with Crippen LogP contribution < -0.4 is 5.32 Å². The van der Waals surface area contributed by atoms with Crippen LogP contribution in [0.3, 0.4) is 0 Å². The van der Waals surface area contributed by atoms with Gasteiger partial charge in [-0.2, -0.15) is 0 Å².